The summed E-state index contributed by atoms with van der Waals surface area (Å²) in [6, 6.07) is 17.7. The highest BCUT2D eigenvalue weighted by molar-refractivity contribution is 8.14. The van der Waals surface area contributed by atoms with E-state index >= 15 is 0 Å². The van der Waals surface area contributed by atoms with Crippen LogP contribution in [0.3, 0.4) is 0 Å². The van der Waals surface area contributed by atoms with Crippen LogP contribution in [-0.4, -0.2) is 42.5 Å². The maximum absolute atomic E-state index is 12.1. The third-order valence-electron chi connectivity index (χ3n) is 3.99. The highest BCUT2D eigenvalue weighted by Crippen LogP contribution is 2.25. The van der Waals surface area contributed by atoms with E-state index in [4.69, 9.17) is 9.73 Å². The second kappa shape index (κ2) is 9.41. The van der Waals surface area contributed by atoms with Gasteiger partial charge >= 0.3 is 0 Å². The van der Waals surface area contributed by atoms with Gasteiger partial charge in [0.15, 0.2) is 11.0 Å². The van der Waals surface area contributed by atoms with Gasteiger partial charge < -0.3 is 15.0 Å². The van der Waals surface area contributed by atoms with Gasteiger partial charge in [0, 0.05) is 17.3 Å². The zero-order valence-corrected chi connectivity index (χ0v) is 17.1. The number of rotatable bonds is 6. The molecule has 0 aromatic heterocycles. The fourth-order valence-electron chi connectivity index (χ4n) is 2.69. The number of nitrogens with one attached hydrogen (secondary N) is 1. The number of carbonyl (C=O) groups is 1. The first-order chi connectivity index (χ1) is 13.6. The summed E-state index contributed by atoms with van der Waals surface area (Å²) in [5, 5.41) is 3.66. The second-order valence-electron chi connectivity index (χ2n) is 6.52. The van der Waals surface area contributed by atoms with Crippen molar-refractivity contribution in [1.82, 2.24) is 5.32 Å². The van der Waals surface area contributed by atoms with Crippen LogP contribution in [0.15, 0.2) is 64.6 Å². The summed E-state index contributed by atoms with van der Waals surface area (Å²) in [6.07, 6.45) is 0. The van der Waals surface area contributed by atoms with Gasteiger partial charge in [-0.3, -0.25) is 4.79 Å². The van der Waals surface area contributed by atoms with Gasteiger partial charge in [-0.25, -0.2) is 9.98 Å². The van der Waals surface area contributed by atoms with Crippen LogP contribution in [0.4, 0.5) is 5.69 Å². The number of anilines is 1. The number of thioether (sulfide) groups is 1. The molecule has 2 aromatic rings. The van der Waals surface area contributed by atoms with Crippen molar-refractivity contribution < 1.29 is 9.53 Å². The minimum Gasteiger partial charge on any atom is -0.497 e. The van der Waals surface area contributed by atoms with Gasteiger partial charge in [-0.1, -0.05) is 42.1 Å². The van der Waals surface area contributed by atoms with Gasteiger partial charge in [-0.2, -0.15) is 0 Å². The maximum atomic E-state index is 12.1. The summed E-state index contributed by atoms with van der Waals surface area (Å²) in [5.74, 6) is 1.75. The molecule has 28 heavy (non-hydrogen) atoms. The molecule has 1 heterocycles. The molecule has 0 saturated carbocycles. The third kappa shape index (κ3) is 5.13. The molecule has 3 rings (SSSR count). The average Bonchev–Trinajstić information content (AvgIpc) is 2.72. The van der Waals surface area contributed by atoms with Crippen molar-refractivity contribution in [2.24, 2.45) is 9.98 Å². The Morgan fingerprint density at radius 1 is 1.18 bits per heavy atom. The van der Waals surface area contributed by atoms with E-state index in [9.17, 15) is 4.79 Å². The van der Waals surface area contributed by atoms with Crippen molar-refractivity contribution in [3.8, 4) is 5.75 Å². The van der Waals surface area contributed by atoms with Crippen LogP contribution in [0.25, 0.3) is 0 Å². The SMILES string of the molecule is COc1ccc(N2CN=C(c3ccccc3)N=C2SCC(=O)NC(C)C)cc1. The summed E-state index contributed by atoms with van der Waals surface area (Å²) in [7, 11) is 1.64. The lowest BCUT2D eigenvalue weighted by atomic mass is 10.2. The van der Waals surface area contributed by atoms with E-state index in [2.05, 4.69) is 10.3 Å². The number of hydrogen-bond acceptors (Lipinski definition) is 6. The zero-order chi connectivity index (χ0) is 19.9. The fourth-order valence-corrected chi connectivity index (χ4v) is 3.50. The monoisotopic (exact) mass is 396 g/mol. The smallest absolute Gasteiger partial charge is 0.230 e. The van der Waals surface area contributed by atoms with Crippen LogP contribution in [0.2, 0.25) is 0 Å². The third-order valence-corrected chi connectivity index (χ3v) is 4.97. The van der Waals surface area contributed by atoms with Gasteiger partial charge in [0.05, 0.1) is 12.9 Å². The second-order valence-corrected chi connectivity index (χ2v) is 7.46. The van der Waals surface area contributed by atoms with E-state index in [-0.39, 0.29) is 11.9 Å². The Balaban J connectivity index is 1.83. The number of hydrogen-bond donors (Lipinski definition) is 1. The topological polar surface area (TPSA) is 66.3 Å². The van der Waals surface area contributed by atoms with E-state index in [1.54, 1.807) is 7.11 Å². The number of nitrogens with zero attached hydrogens (tertiary/aromatic N) is 3. The number of amides is 1. The molecule has 0 bridgehead atoms. The van der Waals surface area contributed by atoms with Crippen molar-refractivity contribution in [3.05, 3.63) is 60.2 Å². The average molecular weight is 397 g/mol. The number of benzene rings is 2. The van der Waals surface area contributed by atoms with Gasteiger partial charge in [-0.05, 0) is 38.1 Å². The van der Waals surface area contributed by atoms with Gasteiger partial charge in [0.1, 0.15) is 12.4 Å². The molecule has 0 aliphatic carbocycles. The summed E-state index contributed by atoms with van der Waals surface area (Å²) >= 11 is 1.41. The molecule has 146 valence electrons. The van der Waals surface area contributed by atoms with E-state index in [1.165, 1.54) is 11.8 Å². The molecule has 0 spiro atoms. The van der Waals surface area contributed by atoms with Crippen molar-refractivity contribution in [1.29, 1.82) is 0 Å². The number of aliphatic imine (C=N–C) groups is 2. The summed E-state index contributed by atoms with van der Waals surface area (Å²) < 4.78 is 5.24. The summed E-state index contributed by atoms with van der Waals surface area (Å²) in [4.78, 5) is 23.5. The minimum absolute atomic E-state index is 0.0128. The molecule has 0 saturated heterocycles. The van der Waals surface area contributed by atoms with Crippen LogP contribution in [0.5, 0.6) is 5.75 Å². The van der Waals surface area contributed by atoms with Crippen molar-refractivity contribution in [2.45, 2.75) is 19.9 Å². The first-order valence-electron chi connectivity index (χ1n) is 9.09. The number of ether oxygens (including phenoxy) is 1. The molecule has 1 amide bonds. The Morgan fingerprint density at radius 3 is 2.54 bits per heavy atom. The molecule has 0 atom stereocenters. The van der Waals surface area contributed by atoms with Crippen molar-refractivity contribution >= 4 is 34.4 Å². The first-order valence-corrected chi connectivity index (χ1v) is 10.1. The Morgan fingerprint density at radius 2 is 1.89 bits per heavy atom. The molecule has 0 unspecified atom stereocenters. The number of methoxy groups -OCH3 is 1. The standard InChI is InChI=1S/C21H24N4O2S/c1-15(2)23-19(26)13-28-21-24-20(16-7-5-4-6-8-16)22-14-25(21)17-9-11-18(27-3)12-10-17/h4-12,15H,13-14H2,1-3H3,(H,23,26). The molecule has 6 nitrogen and oxygen atoms in total. The molecule has 0 radical (unpaired) electrons. The summed E-state index contributed by atoms with van der Waals surface area (Å²) in [5.41, 5.74) is 1.91. The molecule has 1 N–H and O–H groups in total. The van der Waals surface area contributed by atoms with Crippen LogP contribution < -0.4 is 15.0 Å². The highest BCUT2D eigenvalue weighted by atomic mass is 32.2. The lowest BCUT2D eigenvalue weighted by molar-refractivity contribution is -0.119. The lowest BCUT2D eigenvalue weighted by Gasteiger charge is -2.27. The Bertz CT molecular complexity index is 864. The fraction of sp³-hybridized carbons (Fsp3) is 0.286. The molecular formula is C21H24N4O2S. The number of carbonyl (C=O) groups excluding carboxylic acids is 1. The minimum atomic E-state index is -0.0128. The molecule has 7 heteroatoms. The highest BCUT2D eigenvalue weighted by Gasteiger charge is 2.21. The quantitative estimate of drug-likeness (QED) is 0.811. The molecule has 2 aromatic carbocycles. The van der Waals surface area contributed by atoms with Crippen LogP contribution >= 0.6 is 11.8 Å². The van der Waals surface area contributed by atoms with E-state index in [1.807, 2.05) is 73.3 Å². The van der Waals surface area contributed by atoms with Crippen LogP contribution in [0, 0.1) is 0 Å². The van der Waals surface area contributed by atoms with Crippen LogP contribution in [0.1, 0.15) is 19.4 Å². The Hall–Kier alpha value is -2.80. The van der Waals surface area contributed by atoms with Gasteiger partial charge in [0.25, 0.3) is 0 Å². The molecule has 1 aliphatic heterocycles. The summed E-state index contributed by atoms with van der Waals surface area (Å²) in [6.45, 7) is 4.34. The number of amidine groups is 2. The lowest BCUT2D eigenvalue weighted by Crippen LogP contribution is -2.36. The maximum Gasteiger partial charge on any atom is 0.230 e. The zero-order valence-electron chi connectivity index (χ0n) is 16.3. The molecule has 0 fully saturated rings. The normalized spacial score (nSPS) is 13.8. The van der Waals surface area contributed by atoms with E-state index < -0.39 is 0 Å². The predicted octanol–water partition coefficient (Wildman–Crippen LogP) is 3.53. The van der Waals surface area contributed by atoms with E-state index in [0.29, 0.717) is 18.3 Å². The Kier molecular flexibility index (Phi) is 6.71. The Labute approximate surface area is 169 Å². The largest absolute Gasteiger partial charge is 0.497 e. The first kappa shape index (κ1) is 19.9. The van der Waals surface area contributed by atoms with Crippen LogP contribution in [-0.2, 0) is 4.79 Å². The van der Waals surface area contributed by atoms with Crippen molar-refractivity contribution in [2.75, 3.05) is 24.4 Å². The molecule has 1 aliphatic rings. The van der Waals surface area contributed by atoms with Gasteiger partial charge in [0.2, 0.25) is 5.91 Å². The van der Waals surface area contributed by atoms with E-state index in [0.717, 1.165) is 22.2 Å². The predicted molar refractivity (Wildman–Crippen MR) is 116 cm³/mol. The molecular weight excluding hydrogens is 372 g/mol. The van der Waals surface area contributed by atoms with Gasteiger partial charge in [-0.15, -0.1) is 0 Å². The van der Waals surface area contributed by atoms with Crippen molar-refractivity contribution in [3.63, 3.8) is 0 Å².